The molecule has 136 valence electrons. The van der Waals surface area contributed by atoms with Crippen molar-refractivity contribution in [2.75, 3.05) is 0 Å². The number of rotatable bonds is 6. The first-order chi connectivity index (χ1) is 13.1. The SMILES string of the molecule is O=C(C=Cc1ccc(Cl)cc1Cl)N(Cc1ccccc1)Cc1ccccc1. The van der Waals surface area contributed by atoms with E-state index in [-0.39, 0.29) is 5.91 Å². The molecule has 0 aliphatic rings. The average Bonchev–Trinajstić information content (AvgIpc) is 2.68. The predicted octanol–water partition coefficient (Wildman–Crippen LogP) is 6.24. The normalized spacial score (nSPS) is 10.9. The molecule has 3 aromatic rings. The lowest BCUT2D eigenvalue weighted by Gasteiger charge is -2.21. The first-order valence-electron chi connectivity index (χ1n) is 8.62. The third-order valence-corrected chi connectivity index (χ3v) is 4.67. The summed E-state index contributed by atoms with van der Waals surface area (Å²) < 4.78 is 0. The Balaban J connectivity index is 1.80. The molecule has 27 heavy (non-hydrogen) atoms. The third kappa shape index (κ3) is 5.72. The van der Waals surface area contributed by atoms with Crippen LogP contribution in [0, 0.1) is 0 Å². The van der Waals surface area contributed by atoms with E-state index in [1.165, 1.54) is 0 Å². The summed E-state index contributed by atoms with van der Waals surface area (Å²) in [7, 11) is 0. The second-order valence-corrected chi connectivity index (χ2v) is 7.01. The van der Waals surface area contributed by atoms with Crippen LogP contribution >= 0.6 is 23.2 Å². The zero-order valence-electron chi connectivity index (χ0n) is 14.7. The zero-order chi connectivity index (χ0) is 19.1. The Kier molecular flexibility index (Phi) is 6.69. The maximum Gasteiger partial charge on any atom is 0.247 e. The van der Waals surface area contributed by atoms with Gasteiger partial charge in [-0.1, -0.05) is 89.9 Å². The van der Waals surface area contributed by atoms with Gasteiger partial charge in [0, 0.05) is 29.2 Å². The summed E-state index contributed by atoms with van der Waals surface area (Å²) in [5, 5.41) is 1.09. The maximum atomic E-state index is 12.9. The standard InChI is InChI=1S/C23H19Cl2NO/c24-21-13-11-20(22(25)15-21)12-14-23(27)26(16-18-7-3-1-4-8-18)17-19-9-5-2-6-10-19/h1-15H,16-17H2. The molecule has 0 radical (unpaired) electrons. The van der Waals surface area contributed by atoms with Crippen molar-refractivity contribution >= 4 is 35.2 Å². The second-order valence-electron chi connectivity index (χ2n) is 6.16. The highest BCUT2D eigenvalue weighted by atomic mass is 35.5. The Morgan fingerprint density at radius 1 is 0.815 bits per heavy atom. The number of hydrogen-bond donors (Lipinski definition) is 0. The van der Waals surface area contributed by atoms with Crippen molar-refractivity contribution in [2.24, 2.45) is 0 Å². The predicted molar refractivity (Wildman–Crippen MR) is 113 cm³/mol. The molecule has 0 unspecified atom stereocenters. The molecule has 0 aliphatic heterocycles. The first-order valence-corrected chi connectivity index (χ1v) is 9.37. The molecule has 0 saturated carbocycles. The molecule has 0 aromatic heterocycles. The molecular formula is C23H19Cl2NO. The van der Waals surface area contributed by atoms with Crippen molar-refractivity contribution in [3.05, 3.63) is 112 Å². The zero-order valence-corrected chi connectivity index (χ0v) is 16.2. The summed E-state index contributed by atoms with van der Waals surface area (Å²) in [4.78, 5) is 14.7. The minimum absolute atomic E-state index is 0.0753. The minimum Gasteiger partial charge on any atom is -0.331 e. The van der Waals surface area contributed by atoms with E-state index in [1.54, 1.807) is 30.4 Å². The number of benzene rings is 3. The fourth-order valence-corrected chi connectivity index (χ4v) is 3.19. The molecule has 0 fully saturated rings. The van der Waals surface area contributed by atoms with Gasteiger partial charge in [-0.2, -0.15) is 0 Å². The summed E-state index contributed by atoms with van der Waals surface area (Å²) in [5.41, 5.74) is 2.92. The van der Waals surface area contributed by atoms with Gasteiger partial charge in [0.2, 0.25) is 5.91 Å². The van der Waals surface area contributed by atoms with E-state index >= 15 is 0 Å². The van der Waals surface area contributed by atoms with Crippen molar-refractivity contribution in [3.63, 3.8) is 0 Å². The van der Waals surface area contributed by atoms with Crippen LogP contribution in [0.3, 0.4) is 0 Å². The van der Waals surface area contributed by atoms with Crippen molar-refractivity contribution in [3.8, 4) is 0 Å². The van der Waals surface area contributed by atoms with Gasteiger partial charge in [0.25, 0.3) is 0 Å². The Morgan fingerprint density at radius 2 is 1.37 bits per heavy atom. The molecule has 3 aromatic carbocycles. The van der Waals surface area contributed by atoms with Crippen LogP contribution in [0.5, 0.6) is 0 Å². The molecule has 3 rings (SSSR count). The highest BCUT2D eigenvalue weighted by Crippen LogP contribution is 2.22. The molecule has 0 atom stereocenters. The van der Waals surface area contributed by atoms with Gasteiger partial charge in [0.05, 0.1) is 0 Å². The van der Waals surface area contributed by atoms with Crippen LogP contribution in [0.2, 0.25) is 10.0 Å². The quantitative estimate of drug-likeness (QED) is 0.452. The average molecular weight is 396 g/mol. The molecule has 0 saturated heterocycles. The lowest BCUT2D eigenvalue weighted by atomic mass is 10.1. The number of hydrogen-bond acceptors (Lipinski definition) is 1. The van der Waals surface area contributed by atoms with E-state index in [0.29, 0.717) is 23.1 Å². The molecule has 1 amide bonds. The van der Waals surface area contributed by atoms with Crippen LogP contribution < -0.4 is 0 Å². The van der Waals surface area contributed by atoms with E-state index in [9.17, 15) is 4.79 Å². The van der Waals surface area contributed by atoms with Crippen LogP contribution in [-0.2, 0) is 17.9 Å². The van der Waals surface area contributed by atoms with Crippen molar-refractivity contribution in [1.82, 2.24) is 4.90 Å². The Bertz CT molecular complexity index is 882. The summed E-state index contributed by atoms with van der Waals surface area (Å²) in [6, 6.07) is 25.1. The molecule has 0 spiro atoms. The molecule has 4 heteroatoms. The summed E-state index contributed by atoms with van der Waals surface area (Å²) in [6.45, 7) is 1.07. The summed E-state index contributed by atoms with van der Waals surface area (Å²) in [6.07, 6.45) is 3.28. The number of carbonyl (C=O) groups excluding carboxylic acids is 1. The largest absolute Gasteiger partial charge is 0.331 e. The Hall–Kier alpha value is -2.55. The minimum atomic E-state index is -0.0753. The number of carbonyl (C=O) groups is 1. The van der Waals surface area contributed by atoms with E-state index in [2.05, 4.69) is 0 Å². The second kappa shape index (κ2) is 9.40. The van der Waals surface area contributed by atoms with Gasteiger partial charge in [0.15, 0.2) is 0 Å². The van der Waals surface area contributed by atoms with Gasteiger partial charge < -0.3 is 4.90 Å². The molecule has 0 heterocycles. The van der Waals surface area contributed by atoms with Crippen molar-refractivity contribution < 1.29 is 4.79 Å². The van der Waals surface area contributed by atoms with E-state index < -0.39 is 0 Å². The molecule has 0 bridgehead atoms. The summed E-state index contributed by atoms with van der Waals surface area (Å²) >= 11 is 12.1. The topological polar surface area (TPSA) is 20.3 Å². The maximum absolute atomic E-state index is 12.9. The van der Waals surface area contributed by atoms with Gasteiger partial charge in [-0.25, -0.2) is 0 Å². The van der Waals surface area contributed by atoms with Gasteiger partial charge in [-0.05, 0) is 34.9 Å². The lowest BCUT2D eigenvalue weighted by Crippen LogP contribution is -2.28. The van der Waals surface area contributed by atoms with Gasteiger partial charge in [-0.3, -0.25) is 4.79 Å². The van der Waals surface area contributed by atoms with E-state index in [4.69, 9.17) is 23.2 Å². The number of halogens is 2. The first kappa shape index (κ1) is 19.2. The fraction of sp³-hybridized carbons (Fsp3) is 0.0870. The van der Waals surface area contributed by atoms with Crippen LogP contribution in [0.1, 0.15) is 16.7 Å². The van der Waals surface area contributed by atoms with Crippen LogP contribution in [0.15, 0.2) is 84.9 Å². The lowest BCUT2D eigenvalue weighted by molar-refractivity contribution is -0.127. The molecule has 0 aliphatic carbocycles. The van der Waals surface area contributed by atoms with Crippen molar-refractivity contribution in [2.45, 2.75) is 13.1 Å². The highest BCUT2D eigenvalue weighted by Gasteiger charge is 2.12. The number of amides is 1. The molecule has 0 N–H and O–H groups in total. The molecular weight excluding hydrogens is 377 g/mol. The van der Waals surface area contributed by atoms with Gasteiger partial charge in [0.1, 0.15) is 0 Å². The van der Waals surface area contributed by atoms with E-state index in [1.807, 2.05) is 65.6 Å². The Morgan fingerprint density at radius 3 is 1.89 bits per heavy atom. The third-order valence-electron chi connectivity index (χ3n) is 4.11. The monoisotopic (exact) mass is 395 g/mol. The fourth-order valence-electron chi connectivity index (χ4n) is 2.72. The van der Waals surface area contributed by atoms with Gasteiger partial charge >= 0.3 is 0 Å². The van der Waals surface area contributed by atoms with Crippen LogP contribution in [-0.4, -0.2) is 10.8 Å². The highest BCUT2D eigenvalue weighted by molar-refractivity contribution is 6.35. The molecule has 2 nitrogen and oxygen atoms in total. The van der Waals surface area contributed by atoms with E-state index in [0.717, 1.165) is 16.7 Å². The summed E-state index contributed by atoms with van der Waals surface area (Å²) in [5.74, 6) is -0.0753. The van der Waals surface area contributed by atoms with Gasteiger partial charge in [-0.15, -0.1) is 0 Å². The number of nitrogens with zero attached hydrogens (tertiary/aromatic N) is 1. The Labute approximate surface area is 169 Å². The van der Waals surface area contributed by atoms with Crippen LogP contribution in [0.25, 0.3) is 6.08 Å². The van der Waals surface area contributed by atoms with Crippen LogP contribution in [0.4, 0.5) is 0 Å². The van der Waals surface area contributed by atoms with Crippen molar-refractivity contribution in [1.29, 1.82) is 0 Å². The smallest absolute Gasteiger partial charge is 0.247 e.